The molecule has 0 saturated heterocycles. The second kappa shape index (κ2) is 11.3. The number of hydrogen-bond acceptors (Lipinski definition) is 5. The van der Waals surface area contributed by atoms with Gasteiger partial charge >= 0.3 is 0 Å². The van der Waals surface area contributed by atoms with Crippen molar-refractivity contribution in [2.24, 2.45) is 0 Å². The van der Waals surface area contributed by atoms with E-state index in [2.05, 4.69) is 99.7 Å². The maximum absolute atomic E-state index is 6.16. The summed E-state index contributed by atoms with van der Waals surface area (Å²) in [5, 5.41) is 3.47. The maximum atomic E-state index is 6.16. The molecule has 40 heavy (non-hydrogen) atoms. The van der Waals surface area contributed by atoms with Gasteiger partial charge in [0.2, 0.25) is 5.88 Å². The van der Waals surface area contributed by atoms with Crippen LogP contribution < -0.4 is 30.5 Å². The summed E-state index contributed by atoms with van der Waals surface area (Å²) in [7, 11) is 1.04. The van der Waals surface area contributed by atoms with E-state index in [1.165, 1.54) is 11.0 Å². The van der Waals surface area contributed by atoms with Crippen molar-refractivity contribution in [2.75, 3.05) is 16.8 Å². The Morgan fingerprint density at radius 1 is 0.775 bits per heavy atom. The van der Waals surface area contributed by atoms with Crippen molar-refractivity contribution in [3.63, 3.8) is 0 Å². The normalized spacial score (nSPS) is 15.3. The van der Waals surface area contributed by atoms with Crippen LogP contribution in [0, 0.1) is 18.8 Å². The Kier molecular flexibility index (Phi) is 7.43. The number of rotatable bonds is 5. The molecule has 3 heterocycles. The fourth-order valence-corrected chi connectivity index (χ4v) is 7.37. The van der Waals surface area contributed by atoms with Gasteiger partial charge in [-0.05, 0) is 43.7 Å². The van der Waals surface area contributed by atoms with E-state index in [1.807, 2.05) is 61.3 Å². The van der Waals surface area contributed by atoms with Gasteiger partial charge in [0.1, 0.15) is 0 Å². The molecule has 0 bridgehead atoms. The number of benzene rings is 4. The number of para-hydroxylation sites is 2. The van der Waals surface area contributed by atoms with Gasteiger partial charge in [0.05, 0.1) is 0 Å². The zero-order valence-electron chi connectivity index (χ0n) is 21.6. The third-order valence-corrected chi connectivity index (χ3v) is 9.01. The second-order valence-electron chi connectivity index (χ2n) is 9.23. The van der Waals surface area contributed by atoms with E-state index in [4.69, 9.17) is 4.74 Å². The van der Waals surface area contributed by atoms with Gasteiger partial charge in [-0.15, -0.1) is 34.5 Å². The molecule has 0 aliphatic carbocycles. The Bertz CT molecular complexity index is 1660. The van der Waals surface area contributed by atoms with Crippen LogP contribution in [0.2, 0.25) is 0 Å². The van der Waals surface area contributed by atoms with Crippen LogP contribution in [0.1, 0.15) is 0 Å². The van der Waals surface area contributed by atoms with E-state index in [-0.39, 0.29) is 21.1 Å². The fourth-order valence-electron chi connectivity index (χ4n) is 4.90. The number of nitrogens with zero attached hydrogens (tertiary/aromatic N) is 4. The van der Waals surface area contributed by atoms with E-state index < -0.39 is 7.92 Å². The molecule has 2 aliphatic heterocycles. The molecule has 1 unspecified atom stereocenters. The molecule has 200 valence electrons. The van der Waals surface area contributed by atoms with Crippen LogP contribution in [0.4, 0.5) is 22.7 Å². The Morgan fingerprint density at radius 2 is 1.60 bits per heavy atom. The second-order valence-corrected chi connectivity index (χ2v) is 11.3. The summed E-state index contributed by atoms with van der Waals surface area (Å²) in [6, 6.07) is 42.7. The van der Waals surface area contributed by atoms with Crippen LogP contribution >= 0.6 is 7.92 Å². The minimum atomic E-state index is -0.979. The third kappa shape index (κ3) is 4.92. The number of ether oxygens (including phenoxy) is 1. The summed E-state index contributed by atoms with van der Waals surface area (Å²) >= 11 is 0. The fraction of sp³-hybridized carbons (Fsp3) is 0.0303. The summed E-state index contributed by atoms with van der Waals surface area (Å²) in [6.07, 6.45) is 5.81. The third-order valence-electron chi connectivity index (χ3n) is 6.62. The van der Waals surface area contributed by atoms with Gasteiger partial charge in [0.25, 0.3) is 0 Å². The van der Waals surface area contributed by atoms with Crippen molar-refractivity contribution in [1.82, 2.24) is 9.88 Å². The van der Waals surface area contributed by atoms with Crippen molar-refractivity contribution >= 4 is 46.6 Å². The van der Waals surface area contributed by atoms with E-state index in [0.29, 0.717) is 11.6 Å². The number of hydrogen-bond donors (Lipinski definition) is 0. The van der Waals surface area contributed by atoms with Crippen molar-refractivity contribution in [2.45, 2.75) is 0 Å². The molecular weight excluding hydrogens is 694 g/mol. The molecular formula is C33H24N4OPPt-3. The molecule has 7 rings (SSSR count). The van der Waals surface area contributed by atoms with Gasteiger partial charge in [-0.1, -0.05) is 56.1 Å². The molecule has 0 saturated carbocycles. The first-order valence-corrected chi connectivity index (χ1v) is 14.0. The molecule has 2 aliphatic rings. The van der Waals surface area contributed by atoms with Gasteiger partial charge in [-0.25, -0.2) is 4.98 Å². The van der Waals surface area contributed by atoms with Crippen LogP contribution in [-0.4, -0.2) is 16.9 Å². The van der Waals surface area contributed by atoms with Crippen LogP contribution in [0.5, 0.6) is 11.6 Å². The Hall–Kier alpha value is -3.91. The Labute approximate surface area is 250 Å². The molecule has 5 nitrogen and oxygen atoms in total. The molecule has 0 spiro atoms. The average molecular weight is 719 g/mol. The minimum Gasteiger partial charge on any atom is -0.510 e. The van der Waals surface area contributed by atoms with Gasteiger partial charge < -0.3 is 19.4 Å². The summed E-state index contributed by atoms with van der Waals surface area (Å²) in [6.45, 7) is 2.05. The molecule has 7 heteroatoms. The van der Waals surface area contributed by atoms with Crippen molar-refractivity contribution < 1.29 is 25.8 Å². The van der Waals surface area contributed by atoms with E-state index in [1.54, 1.807) is 6.20 Å². The molecule has 4 aromatic carbocycles. The zero-order chi connectivity index (χ0) is 26.2. The standard InChI is InChI=1S/C33H24N4OP.Pt/c1-35-20-21-36(24-35)26-12-9-13-28(22-26)39-31-15-6-5-14-29(31)37(25-10-3-2-4-11-25)30-18-17-27(23-32(30)39)38-33-16-7-8-19-34-33;/h2-21,24H,1H3;/q-3;. The number of fused-ring (bicyclic) bond motifs is 2. The molecule has 1 atom stereocenters. The van der Waals surface area contributed by atoms with Crippen molar-refractivity contribution in [3.05, 3.63) is 141 Å². The van der Waals surface area contributed by atoms with Crippen LogP contribution in [-0.2, 0) is 21.1 Å². The first kappa shape index (κ1) is 26.3. The van der Waals surface area contributed by atoms with Crippen molar-refractivity contribution in [1.29, 1.82) is 0 Å². The van der Waals surface area contributed by atoms with Gasteiger partial charge in [0, 0.05) is 55.8 Å². The largest absolute Gasteiger partial charge is 0.510 e. The molecule has 1 aromatic heterocycles. The maximum Gasteiger partial charge on any atom is 0.216 e. The first-order valence-electron chi connectivity index (χ1n) is 12.7. The summed E-state index contributed by atoms with van der Waals surface area (Å²) in [4.78, 5) is 10.8. The number of anilines is 4. The first-order chi connectivity index (χ1) is 19.2. The predicted molar refractivity (Wildman–Crippen MR) is 159 cm³/mol. The smallest absolute Gasteiger partial charge is 0.216 e. The van der Waals surface area contributed by atoms with Gasteiger partial charge in [-0.3, -0.25) is 0 Å². The SMILES string of the molecule is CN1C=CN(c2[c-]c(P3c4[c-]c(Oc5ccccn5)ccc4N(c4ccccc4)c4ccccc43)ccc2)[CH-]1.[Pt]. The van der Waals surface area contributed by atoms with E-state index in [9.17, 15) is 0 Å². The van der Waals surface area contributed by atoms with Crippen molar-refractivity contribution in [3.8, 4) is 11.6 Å². The van der Waals surface area contributed by atoms with Crippen LogP contribution in [0.25, 0.3) is 0 Å². The summed E-state index contributed by atoms with van der Waals surface area (Å²) < 4.78 is 6.16. The van der Waals surface area contributed by atoms with E-state index >= 15 is 0 Å². The number of aromatic nitrogens is 1. The quantitative estimate of drug-likeness (QED) is 0.153. The molecule has 5 aromatic rings. The van der Waals surface area contributed by atoms with Crippen LogP contribution in [0.15, 0.2) is 122 Å². The number of pyridine rings is 1. The van der Waals surface area contributed by atoms with Crippen LogP contribution in [0.3, 0.4) is 0 Å². The average Bonchev–Trinajstić information content (AvgIpc) is 3.43. The topological polar surface area (TPSA) is 31.8 Å². The van der Waals surface area contributed by atoms with Gasteiger partial charge in [0.15, 0.2) is 0 Å². The monoisotopic (exact) mass is 718 g/mol. The Morgan fingerprint density at radius 3 is 2.40 bits per heavy atom. The molecule has 0 radical (unpaired) electrons. The molecule has 0 N–H and O–H groups in total. The molecule has 0 amide bonds. The zero-order valence-corrected chi connectivity index (χ0v) is 24.8. The summed E-state index contributed by atoms with van der Waals surface area (Å²) in [5.74, 6) is 1.18. The van der Waals surface area contributed by atoms with E-state index in [0.717, 1.165) is 27.7 Å². The van der Waals surface area contributed by atoms with Gasteiger partial charge in [-0.2, -0.15) is 30.9 Å². The molecule has 0 fully saturated rings. The Balaban J connectivity index is 0.00000289. The predicted octanol–water partition coefficient (Wildman–Crippen LogP) is 6.36. The summed E-state index contributed by atoms with van der Waals surface area (Å²) in [5.41, 5.74) is 4.36. The minimum absolute atomic E-state index is 0.